The fourth-order valence-electron chi connectivity index (χ4n) is 4.11. The Labute approximate surface area is 124 Å². The molecule has 1 heterocycles. The Kier molecular flexibility index (Phi) is 5.25. The first-order chi connectivity index (χ1) is 9.57. The zero-order valence-corrected chi connectivity index (χ0v) is 13.7. The topological polar surface area (TPSA) is 29.9 Å². The van der Waals surface area contributed by atoms with E-state index in [9.17, 15) is 0 Å². The van der Waals surface area contributed by atoms with Gasteiger partial charge in [-0.3, -0.25) is 0 Å². The third-order valence-corrected chi connectivity index (χ3v) is 4.91. The van der Waals surface area contributed by atoms with Crippen LogP contribution < -0.4 is 5.32 Å². The molecule has 0 aromatic carbocycles. The summed E-state index contributed by atoms with van der Waals surface area (Å²) in [5.41, 5.74) is 0.482. The summed E-state index contributed by atoms with van der Waals surface area (Å²) in [6.45, 7) is 8.01. The molecular formula is C17H31N3. The van der Waals surface area contributed by atoms with E-state index in [-0.39, 0.29) is 0 Å². The second-order valence-corrected chi connectivity index (χ2v) is 6.94. The van der Waals surface area contributed by atoms with Crippen molar-refractivity contribution in [2.24, 2.45) is 18.4 Å². The molecule has 114 valence electrons. The summed E-state index contributed by atoms with van der Waals surface area (Å²) in [6, 6.07) is 0.568. The van der Waals surface area contributed by atoms with Gasteiger partial charge in [0.1, 0.15) is 5.82 Å². The lowest BCUT2D eigenvalue weighted by molar-refractivity contribution is 0.153. The fourth-order valence-corrected chi connectivity index (χ4v) is 4.11. The first kappa shape index (κ1) is 15.6. The lowest BCUT2D eigenvalue weighted by atomic mass is 9.71. The summed E-state index contributed by atoms with van der Waals surface area (Å²) in [6.07, 6.45) is 11.9. The van der Waals surface area contributed by atoms with Crippen LogP contribution in [0.1, 0.15) is 58.7 Å². The molecule has 1 N–H and O–H groups in total. The normalized spacial score (nSPS) is 19.6. The maximum Gasteiger partial charge on any atom is 0.109 e. The van der Waals surface area contributed by atoms with E-state index < -0.39 is 0 Å². The lowest BCUT2D eigenvalue weighted by Gasteiger charge is -2.39. The first-order valence-corrected chi connectivity index (χ1v) is 8.27. The molecule has 0 aliphatic heterocycles. The van der Waals surface area contributed by atoms with Crippen molar-refractivity contribution in [1.29, 1.82) is 0 Å². The second-order valence-electron chi connectivity index (χ2n) is 6.94. The molecule has 1 aromatic heterocycles. The van der Waals surface area contributed by atoms with E-state index in [4.69, 9.17) is 0 Å². The van der Waals surface area contributed by atoms with Crippen LogP contribution in [-0.2, 0) is 13.5 Å². The largest absolute Gasteiger partial charge is 0.338 e. The van der Waals surface area contributed by atoms with Crippen LogP contribution in [0.5, 0.6) is 0 Å². The molecule has 1 aromatic rings. The van der Waals surface area contributed by atoms with Gasteiger partial charge >= 0.3 is 0 Å². The Balaban J connectivity index is 2.18. The van der Waals surface area contributed by atoms with E-state index in [1.807, 2.05) is 6.20 Å². The number of aryl methyl sites for hydroxylation is 1. The van der Waals surface area contributed by atoms with Crippen LogP contribution >= 0.6 is 0 Å². The van der Waals surface area contributed by atoms with Crippen LogP contribution in [0.4, 0.5) is 0 Å². The SMILES string of the molecule is CCNC(Cc1nccn1C)C1(CC(C)C)CCCC1. The van der Waals surface area contributed by atoms with Gasteiger partial charge in [-0.2, -0.15) is 0 Å². The predicted octanol–water partition coefficient (Wildman–Crippen LogP) is 3.55. The van der Waals surface area contributed by atoms with Crippen LogP contribution in [0, 0.1) is 11.3 Å². The summed E-state index contributed by atoms with van der Waals surface area (Å²) < 4.78 is 2.17. The van der Waals surface area contributed by atoms with Gasteiger partial charge in [-0.1, -0.05) is 33.6 Å². The molecule has 1 aliphatic rings. The smallest absolute Gasteiger partial charge is 0.109 e. The summed E-state index contributed by atoms with van der Waals surface area (Å²) in [7, 11) is 2.11. The van der Waals surface area contributed by atoms with Gasteiger partial charge in [0.25, 0.3) is 0 Å². The standard InChI is InChI=1S/C17H31N3/c1-5-18-15(12-16-19-10-11-20(16)4)17(13-14(2)3)8-6-7-9-17/h10-11,14-15,18H,5-9,12-13H2,1-4H3. The van der Waals surface area contributed by atoms with Crippen molar-refractivity contribution >= 4 is 0 Å². The maximum absolute atomic E-state index is 4.54. The van der Waals surface area contributed by atoms with Gasteiger partial charge in [0.2, 0.25) is 0 Å². The average Bonchev–Trinajstić information content (AvgIpc) is 2.99. The molecular weight excluding hydrogens is 246 g/mol. The van der Waals surface area contributed by atoms with Gasteiger partial charge in [-0.25, -0.2) is 4.98 Å². The van der Waals surface area contributed by atoms with Crippen molar-refractivity contribution in [2.75, 3.05) is 6.54 Å². The van der Waals surface area contributed by atoms with E-state index in [0.717, 1.165) is 18.9 Å². The molecule has 1 saturated carbocycles. The number of imidazole rings is 1. The van der Waals surface area contributed by atoms with E-state index >= 15 is 0 Å². The van der Waals surface area contributed by atoms with Crippen LogP contribution in [0.25, 0.3) is 0 Å². The Hall–Kier alpha value is -0.830. The maximum atomic E-state index is 4.54. The van der Waals surface area contributed by atoms with Crippen LogP contribution in [0.15, 0.2) is 12.4 Å². The van der Waals surface area contributed by atoms with Gasteiger partial charge in [0, 0.05) is 31.9 Å². The fraction of sp³-hybridized carbons (Fsp3) is 0.824. The first-order valence-electron chi connectivity index (χ1n) is 8.27. The molecule has 1 fully saturated rings. The molecule has 2 rings (SSSR count). The van der Waals surface area contributed by atoms with Gasteiger partial charge < -0.3 is 9.88 Å². The third kappa shape index (κ3) is 3.43. The van der Waals surface area contributed by atoms with Gasteiger partial charge in [0.15, 0.2) is 0 Å². The highest BCUT2D eigenvalue weighted by atomic mass is 15.0. The third-order valence-electron chi connectivity index (χ3n) is 4.91. The lowest BCUT2D eigenvalue weighted by Crippen LogP contribution is -2.46. The van der Waals surface area contributed by atoms with Crippen molar-refractivity contribution in [1.82, 2.24) is 14.9 Å². The molecule has 3 nitrogen and oxygen atoms in total. The number of likely N-dealkylation sites (N-methyl/N-ethyl adjacent to an activating group) is 1. The van der Waals surface area contributed by atoms with Crippen molar-refractivity contribution in [3.63, 3.8) is 0 Å². The second kappa shape index (κ2) is 6.75. The number of nitrogens with zero attached hydrogens (tertiary/aromatic N) is 2. The van der Waals surface area contributed by atoms with Gasteiger partial charge in [-0.05, 0) is 37.1 Å². The Morgan fingerprint density at radius 1 is 1.35 bits per heavy atom. The van der Waals surface area contributed by atoms with E-state index in [1.165, 1.54) is 37.9 Å². The number of nitrogens with one attached hydrogen (secondary N) is 1. The van der Waals surface area contributed by atoms with Crippen molar-refractivity contribution in [3.05, 3.63) is 18.2 Å². The number of hydrogen-bond acceptors (Lipinski definition) is 2. The zero-order chi connectivity index (χ0) is 14.6. The van der Waals surface area contributed by atoms with Crippen LogP contribution in [0.3, 0.4) is 0 Å². The Morgan fingerprint density at radius 2 is 2.05 bits per heavy atom. The van der Waals surface area contributed by atoms with Crippen molar-refractivity contribution in [3.8, 4) is 0 Å². The van der Waals surface area contributed by atoms with E-state index in [0.29, 0.717) is 11.5 Å². The number of hydrogen-bond donors (Lipinski definition) is 1. The number of rotatable bonds is 7. The van der Waals surface area contributed by atoms with Crippen molar-refractivity contribution in [2.45, 2.75) is 65.3 Å². The van der Waals surface area contributed by atoms with Crippen molar-refractivity contribution < 1.29 is 0 Å². The Morgan fingerprint density at radius 3 is 2.55 bits per heavy atom. The zero-order valence-electron chi connectivity index (χ0n) is 13.7. The monoisotopic (exact) mass is 277 g/mol. The van der Waals surface area contributed by atoms with Crippen LogP contribution in [-0.4, -0.2) is 22.1 Å². The average molecular weight is 277 g/mol. The molecule has 0 bridgehead atoms. The van der Waals surface area contributed by atoms with Gasteiger partial charge in [-0.15, -0.1) is 0 Å². The molecule has 0 amide bonds. The molecule has 0 saturated heterocycles. The minimum atomic E-state index is 0.482. The molecule has 20 heavy (non-hydrogen) atoms. The summed E-state index contributed by atoms with van der Waals surface area (Å²) in [5, 5.41) is 3.78. The minimum absolute atomic E-state index is 0.482. The highest BCUT2D eigenvalue weighted by Crippen LogP contribution is 2.46. The highest BCUT2D eigenvalue weighted by Gasteiger charge is 2.41. The van der Waals surface area contributed by atoms with E-state index in [1.54, 1.807) is 0 Å². The van der Waals surface area contributed by atoms with Gasteiger partial charge in [0.05, 0.1) is 0 Å². The Bertz CT molecular complexity index is 402. The quantitative estimate of drug-likeness (QED) is 0.826. The minimum Gasteiger partial charge on any atom is -0.338 e. The summed E-state index contributed by atoms with van der Waals surface area (Å²) in [5.74, 6) is 1.99. The summed E-state index contributed by atoms with van der Waals surface area (Å²) >= 11 is 0. The summed E-state index contributed by atoms with van der Waals surface area (Å²) in [4.78, 5) is 4.54. The molecule has 1 aliphatic carbocycles. The van der Waals surface area contributed by atoms with Crippen LogP contribution in [0.2, 0.25) is 0 Å². The molecule has 0 spiro atoms. The number of aromatic nitrogens is 2. The van der Waals surface area contributed by atoms with E-state index in [2.05, 4.69) is 48.9 Å². The highest BCUT2D eigenvalue weighted by molar-refractivity contribution is 5.02. The molecule has 0 radical (unpaired) electrons. The molecule has 1 unspecified atom stereocenters. The molecule has 1 atom stereocenters. The molecule has 3 heteroatoms. The predicted molar refractivity (Wildman–Crippen MR) is 84.7 cm³/mol.